The quantitative estimate of drug-likeness (QED) is 0.915. The lowest BCUT2D eigenvalue weighted by atomic mass is 10.1. The summed E-state index contributed by atoms with van der Waals surface area (Å²) in [6.45, 7) is 4.18. The van der Waals surface area contributed by atoms with Gasteiger partial charge in [0, 0.05) is 5.56 Å². The maximum atomic E-state index is 11.9. The molecule has 0 saturated heterocycles. The van der Waals surface area contributed by atoms with Crippen molar-refractivity contribution in [1.82, 2.24) is 9.97 Å². The van der Waals surface area contributed by atoms with E-state index in [1.807, 2.05) is 18.2 Å². The SMILES string of the molecule is CC(C)Cc1nc(-c2ccccc2Cl)[nH]c(=O)c1Br. The second-order valence-corrected chi connectivity index (χ2v) is 5.95. The Morgan fingerprint density at radius 2 is 2.05 bits per heavy atom. The summed E-state index contributed by atoms with van der Waals surface area (Å²) >= 11 is 9.43. The zero-order valence-electron chi connectivity index (χ0n) is 10.7. The Hall–Kier alpha value is -1.13. The molecule has 0 aliphatic carbocycles. The lowest BCUT2D eigenvalue weighted by Gasteiger charge is -2.09. The molecule has 5 heteroatoms. The maximum Gasteiger partial charge on any atom is 0.265 e. The Morgan fingerprint density at radius 1 is 1.37 bits per heavy atom. The lowest BCUT2D eigenvalue weighted by molar-refractivity contribution is 0.631. The number of H-pyrrole nitrogens is 1. The Bertz CT molecular complexity index is 652. The molecule has 0 radical (unpaired) electrons. The topological polar surface area (TPSA) is 45.8 Å². The van der Waals surface area contributed by atoms with Crippen LogP contribution in [-0.4, -0.2) is 9.97 Å². The number of aromatic amines is 1. The van der Waals surface area contributed by atoms with Crippen molar-refractivity contribution >= 4 is 27.5 Å². The number of nitrogens with one attached hydrogen (secondary N) is 1. The van der Waals surface area contributed by atoms with E-state index in [0.717, 1.165) is 17.7 Å². The summed E-state index contributed by atoms with van der Waals surface area (Å²) in [4.78, 5) is 19.2. The molecular weight excluding hydrogens is 328 g/mol. The van der Waals surface area contributed by atoms with Crippen LogP contribution in [0.15, 0.2) is 33.5 Å². The van der Waals surface area contributed by atoms with E-state index in [0.29, 0.717) is 21.2 Å². The summed E-state index contributed by atoms with van der Waals surface area (Å²) in [6, 6.07) is 7.33. The van der Waals surface area contributed by atoms with Gasteiger partial charge in [0.1, 0.15) is 10.3 Å². The van der Waals surface area contributed by atoms with Crippen LogP contribution >= 0.6 is 27.5 Å². The zero-order valence-corrected chi connectivity index (χ0v) is 13.0. The van der Waals surface area contributed by atoms with Crippen molar-refractivity contribution in [2.24, 2.45) is 5.92 Å². The summed E-state index contributed by atoms with van der Waals surface area (Å²) < 4.78 is 0.497. The molecule has 1 aromatic carbocycles. The highest BCUT2D eigenvalue weighted by Gasteiger charge is 2.13. The van der Waals surface area contributed by atoms with Crippen LogP contribution in [0.25, 0.3) is 11.4 Å². The first-order valence-electron chi connectivity index (χ1n) is 6.02. The second kappa shape index (κ2) is 5.88. The Balaban J connectivity index is 2.57. The van der Waals surface area contributed by atoms with Gasteiger partial charge in [0.15, 0.2) is 0 Å². The van der Waals surface area contributed by atoms with Crippen molar-refractivity contribution in [2.45, 2.75) is 20.3 Å². The highest BCUT2D eigenvalue weighted by atomic mass is 79.9. The van der Waals surface area contributed by atoms with E-state index in [-0.39, 0.29) is 5.56 Å². The van der Waals surface area contributed by atoms with Crippen molar-refractivity contribution in [3.63, 3.8) is 0 Å². The summed E-state index contributed by atoms with van der Waals surface area (Å²) in [5, 5.41) is 0.573. The molecule has 0 spiro atoms. The zero-order chi connectivity index (χ0) is 14.0. The first kappa shape index (κ1) is 14.3. The number of hydrogen-bond donors (Lipinski definition) is 1. The molecular formula is C14H14BrClN2O. The molecule has 2 aromatic rings. The average Bonchev–Trinajstić information content (AvgIpc) is 2.35. The van der Waals surface area contributed by atoms with E-state index in [1.165, 1.54) is 0 Å². The summed E-state index contributed by atoms with van der Waals surface area (Å²) in [5.74, 6) is 0.930. The molecule has 3 nitrogen and oxygen atoms in total. The summed E-state index contributed by atoms with van der Waals surface area (Å²) in [5.41, 5.74) is 1.31. The van der Waals surface area contributed by atoms with E-state index in [1.54, 1.807) is 6.07 Å². The number of nitrogens with zero attached hydrogens (tertiary/aromatic N) is 1. The fourth-order valence-electron chi connectivity index (χ4n) is 1.81. The minimum absolute atomic E-state index is 0.180. The molecule has 0 saturated carbocycles. The number of benzene rings is 1. The summed E-state index contributed by atoms with van der Waals surface area (Å²) in [6.07, 6.45) is 0.738. The third kappa shape index (κ3) is 3.25. The van der Waals surface area contributed by atoms with E-state index in [9.17, 15) is 4.79 Å². The van der Waals surface area contributed by atoms with Crippen LogP contribution in [0.2, 0.25) is 5.02 Å². The molecule has 0 bridgehead atoms. The Kier molecular flexibility index (Phi) is 4.42. The monoisotopic (exact) mass is 340 g/mol. The van der Waals surface area contributed by atoms with Crippen molar-refractivity contribution < 1.29 is 0 Å². The van der Waals surface area contributed by atoms with Gasteiger partial charge in [-0.1, -0.05) is 37.6 Å². The van der Waals surface area contributed by atoms with E-state index >= 15 is 0 Å². The van der Waals surface area contributed by atoms with Gasteiger partial charge in [0.25, 0.3) is 5.56 Å². The summed E-state index contributed by atoms with van der Waals surface area (Å²) in [7, 11) is 0. The molecule has 0 atom stereocenters. The average molecular weight is 342 g/mol. The van der Waals surface area contributed by atoms with Gasteiger partial charge in [-0.05, 0) is 40.4 Å². The van der Waals surface area contributed by atoms with Gasteiger partial charge in [-0.2, -0.15) is 0 Å². The Morgan fingerprint density at radius 3 is 2.68 bits per heavy atom. The van der Waals surface area contributed by atoms with Crippen molar-refractivity contribution in [2.75, 3.05) is 0 Å². The predicted octanol–water partition coefficient (Wildman–Crippen LogP) is 4.05. The van der Waals surface area contributed by atoms with Gasteiger partial charge in [0.2, 0.25) is 0 Å². The van der Waals surface area contributed by atoms with E-state index in [2.05, 4.69) is 39.7 Å². The Labute approximate surface area is 125 Å². The van der Waals surface area contributed by atoms with Gasteiger partial charge in [-0.15, -0.1) is 0 Å². The first-order valence-corrected chi connectivity index (χ1v) is 7.19. The molecule has 0 aliphatic heterocycles. The molecule has 1 heterocycles. The fourth-order valence-corrected chi connectivity index (χ4v) is 2.38. The van der Waals surface area contributed by atoms with Gasteiger partial charge in [0.05, 0.1) is 10.7 Å². The normalized spacial score (nSPS) is 11.0. The molecule has 100 valence electrons. The first-order chi connectivity index (χ1) is 8.99. The van der Waals surface area contributed by atoms with Crippen molar-refractivity contribution in [3.8, 4) is 11.4 Å². The van der Waals surface area contributed by atoms with Crippen molar-refractivity contribution in [1.29, 1.82) is 0 Å². The standard InChI is InChI=1S/C14H14BrClN2O/c1-8(2)7-11-12(15)14(19)18-13(17-11)9-5-3-4-6-10(9)16/h3-6,8H,7H2,1-2H3,(H,17,18,19). The number of rotatable bonds is 3. The molecule has 1 N–H and O–H groups in total. The number of hydrogen-bond acceptors (Lipinski definition) is 2. The smallest absolute Gasteiger partial charge is 0.265 e. The molecule has 0 aliphatic rings. The van der Waals surface area contributed by atoms with Gasteiger partial charge in [-0.25, -0.2) is 4.98 Å². The van der Waals surface area contributed by atoms with Gasteiger partial charge in [-0.3, -0.25) is 4.79 Å². The van der Waals surface area contributed by atoms with E-state index in [4.69, 9.17) is 11.6 Å². The predicted molar refractivity (Wildman–Crippen MR) is 81.5 cm³/mol. The molecule has 0 amide bonds. The number of aromatic nitrogens is 2. The van der Waals surface area contributed by atoms with Crippen LogP contribution in [0.1, 0.15) is 19.5 Å². The highest BCUT2D eigenvalue weighted by Crippen LogP contribution is 2.25. The van der Waals surface area contributed by atoms with Crippen LogP contribution in [0.5, 0.6) is 0 Å². The minimum Gasteiger partial charge on any atom is -0.305 e. The van der Waals surface area contributed by atoms with Crippen LogP contribution in [-0.2, 0) is 6.42 Å². The molecule has 1 aromatic heterocycles. The van der Waals surface area contributed by atoms with Crippen LogP contribution < -0.4 is 5.56 Å². The number of halogens is 2. The molecule has 2 rings (SSSR count). The second-order valence-electron chi connectivity index (χ2n) is 4.75. The van der Waals surface area contributed by atoms with Crippen LogP contribution in [0.3, 0.4) is 0 Å². The minimum atomic E-state index is -0.180. The van der Waals surface area contributed by atoms with Crippen LogP contribution in [0, 0.1) is 5.92 Å². The van der Waals surface area contributed by atoms with Gasteiger partial charge < -0.3 is 4.98 Å². The molecule has 19 heavy (non-hydrogen) atoms. The third-order valence-electron chi connectivity index (χ3n) is 2.66. The largest absolute Gasteiger partial charge is 0.305 e. The highest BCUT2D eigenvalue weighted by molar-refractivity contribution is 9.10. The van der Waals surface area contributed by atoms with Crippen LogP contribution in [0.4, 0.5) is 0 Å². The maximum absolute atomic E-state index is 11.9. The van der Waals surface area contributed by atoms with E-state index < -0.39 is 0 Å². The molecule has 0 unspecified atom stereocenters. The van der Waals surface area contributed by atoms with Crippen molar-refractivity contribution in [3.05, 3.63) is 49.8 Å². The molecule has 0 fully saturated rings. The lowest BCUT2D eigenvalue weighted by Crippen LogP contribution is -2.15. The fraction of sp³-hybridized carbons (Fsp3) is 0.286. The van der Waals surface area contributed by atoms with Gasteiger partial charge >= 0.3 is 0 Å². The third-order valence-corrected chi connectivity index (χ3v) is 3.81.